The van der Waals surface area contributed by atoms with Gasteiger partial charge in [0.05, 0.1) is 18.7 Å². The highest BCUT2D eigenvalue weighted by Crippen LogP contribution is 2.20. The summed E-state index contributed by atoms with van der Waals surface area (Å²) in [4.78, 5) is 16.5. The molecule has 1 saturated heterocycles. The molecule has 0 radical (unpaired) electrons. The number of amides is 2. The zero-order chi connectivity index (χ0) is 18.4. The number of nitrogens with zero attached hydrogens (tertiary/aromatic N) is 3. The summed E-state index contributed by atoms with van der Waals surface area (Å²) >= 11 is 0. The molecule has 134 valence electrons. The molecule has 1 fully saturated rings. The molecule has 6 heteroatoms. The van der Waals surface area contributed by atoms with E-state index in [0.717, 1.165) is 30.9 Å². The lowest BCUT2D eigenvalue weighted by atomic mass is 10.1. The molecule has 26 heavy (non-hydrogen) atoms. The van der Waals surface area contributed by atoms with Crippen molar-refractivity contribution in [2.75, 3.05) is 38.6 Å². The van der Waals surface area contributed by atoms with Gasteiger partial charge < -0.3 is 15.0 Å². The molecular weight excluding hydrogens is 328 g/mol. The number of nitrogens with one attached hydrogen (secondary N) is 1. The molecule has 0 spiro atoms. The van der Waals surface area contributed by atoms with Crippen LogP contribution in [-0.2, 0) is 6.54 Å². The number of ether oxygens (including phenoxy) is 1. The van der Waals surface area contributed by atoms with E-state index in [1.165, 1.54) is 0 Å². The molecule has 2 aromatic carbocycles. The van der Waals surface area contributed by atoms with Crippen LogP contribution >= 0.6 is 0 Å². The predicted octanol–water partition coefficient (Wildman–Crippen LogP) is 2.92. The molecular formula is C20H22N4O2. The Morgan fingerprint density at radius 3 is 2.65 bits per heavy atom. The first kappa shape index (κ1) is 17.8. The number of anilines is 1. The summed E-state index contributed by atoms with van der Waals surface area (Å²) in [6.45, 7) is 3.76. The van der Waals surface area contributed by atoms with Crippen LogP contribution in [0, 0.1) is 11.3 Å². The lowest BCUT2D eigenvalue weighted by molar-refractivity contribution is 0.142. The predicted molar refractivity (Wildman–Crippen MR) is 100 cm³/mol. The van der Waals surface area contributed by atoms with E-state index in [-0.39, 0.29) is 6.03 Å². The van der Waals surface area contributed by atoms with Gasteiger partial charge in [-0.15, -0.1) is 0 Å². The Balaban J connectivity index is 1.53. The first-order chi connectivity index (χ1) is 12.7. The van der Waals surface area contributed by atoms with Gasteiger partial charge in [-0.05, 0) is 24.3 Å². The summed E-state index contributed by atoms with van der Waals surface area (Å²) in [5.41, 5.74) is 2.33. The van der Waals surface area contributed by atoms with E-state index in [9.17, 15) is 4.79 Å². The maximum absolute atomic E-state index is 12.4. The summed E-state index contributed by atoms with van der Waals surface area (Å²) in [5.74, 6) is 0.894. The van der Waals surface area contributed by atoms with E-state index in [1.807, 2.05) is 18.2 Å². The highest BCUT2D eigenvalue weighted by molar-refractivity contribution is 5.89. The maximum atomic E-state index is 12.4. The monoisotopic (exact) mass is 350 g/mol. The topological polar surface area (TPSA) is 68.6 Å². The number of nitriles is 1. The molecule has 1 N–H and O–H groups in total. The average molecular weight is 350 g/mol. The first-order valence-electron chi connectivity index (χ1n) is 8.60. The van der Waals surface area contributed by atoms with Gasteiger partial charge in [-0.25, -0.2) is 4.79 Å². The normalized spacial score (nSPS) is 14.5. The molecule has 1 heterocycles. The molecule has 0 aliphatic carbocycles. The van der Waals surface area contributed by atoms with Crippen molar-refractivity contribution in [2.45, 2.75) is 6.54 Å². The summed E-state index contributed by atoms with van der Waals surface area (Å²) in [6, 6.07) is 16.9. The second kappa shape index (κ2) is 8.37. The van der Waals surface area contributed by atoms with Crippen LogP contribution in [0.25, 0.3) is 0 Å². The summed E-state index contributed by atoms with van der Waals surface area (Å²) < 4.78 is 5.41. The second-order valence-electron chi connectivity index (χ2n) is 6.20. The minimum atomic E-state index is -0.128. The Morgan fingerprint density at radius 1 is 1.15 bits per heavy atom. The Morgan fingerprint density at radius 2 is 1.92 bits per heavy atom. The van der Waals surface area contributed by atoms with Gasteiger partial charge in [0.25, 0.3) is 0 Å². The number of carbonyl (C=O) groups excluding carboxylic acids is 1. The van der Waals surface area contributed by atoms with E-state index in [4.69, 9.17) is 10.00 Å². The van der Waals surface area contributed by atoms with Crippen molar-refractivity contribution in [1.82, 2.24) is 9.80 Å². The van der Waals surface area contributed by atoms with Gasteiger partial charge in [0.1, 0.15) is 5.75 Å². The number of hydrogen-bond acceptors (Lipinski definition) is 4. The lowest BCUT2D eigenvalue weighted by Crippen LogP contribution is -2.49. The number of rotatable bonds is 4. The molecule has 0 unspecified atom stereocenters. The number of piperazine rings is 1. The van der Waals surface area contributed by atoms with Crippen molar-refractivity contribution < 1.29 is 9.53 Å². The van der Waals surface area contributed by atoms with Crippen LogP contribution in [0.2, 0.25) is 0 Å². The van der Waals surface area contributed by atoms with Crippen molar-refractivity contribution in [3.63, 3.8) is 0 Å². The molecule has 1 aliphatic rings. The number of methoxy groups -OCH3 is 1. The van der Waals surface area contributed by atoms with Crippen LogP contribution in [0.4, 0.5) is 10.5 Å². The number of hydrogen-bond donors (Lipinski definition) is 1. The standard InChI is InChI=1S/C20H22N4O2/c1-26-19-8-3-2-6-17(19)15-23-9-11-24(12-10-23)20(25)22-18-7-4-5-16(13-18)14-21/h2-8,13H,9-12,15H2,1H3,(H,22,25). The molecule has 2 amide bonds. The van der Waals surface area contributed by atoms with Crippen molar-refractivity contribution >= 4 is 11.7 Å². The van der Waals surface area contributed by atoms with Crippen LogP contribution in [0.3, 0.4) is 0 Å². The number of urea groups is 1. The minimum absolute atomic E-state index is 0.128. The second-order valence-corrected chi connectivity index (χ2v) is 6.20. The fraction of sp³-hybridized carbons (Fsp3) is 0.300. The smallest absolute Gasteiger partial charge is 0.321 e. The molecule has 1 aliphatic heterocycles. The SMILES string of the molecule is COc1ccccc1CN1CCN(C(=O)Nc2cccc(C#N)c2)CC1. The van der Waals surface area contributed by atoms with Gasteiger partial charge in [0.15, 0.2) is 0 Å². The summed E-state index contributed by atoms with van der Waals surface area (Å²) in [5, 5.41) is 11.8. The van der Waals surface area contributed by atoms with Crippen molar-refractivity contribution in [1.29, 1.82) is 5.26 Å². The van der Waals surface area contributed by atoms with E-state index < -0.39 is 0 Å². The van der Waals surface area contributed by atoms with Crippen LogP contribution in [0.15, 0.2) is 48.5 Å². The van der Waals surface area contributed by atoms with Crippen LogP contribution in [0.1, 0.15) is 11.1 Å². The fourth-order valence-corrected chi connectivity index (χ4v) is 3.05. The fourth-order valence-electron chi connectivity index (χ4n) is 3.05. The Kier molecular flexibility index (Phi) is 5.72. The Hall–Kier alpha value is -3.04. The van der Waals surface area contributed by atoms with Crippen LogP contribution < -0.4 is 10.1 Å². The molecule has 6 nitrogen and oxygen atoms in total. The minimum Gasteiger partial charge on any atom is -0.496 e. The highest BCUT2D eigenvalue weighted by Gasteiger charge is 2.21. The van der Waals surface area contributed by atoms with Gasteiger partial charge in [-0.1, -0.05) is 24.3 Å². The first-order valence-corrected chi connectivity index (χ1v) is 8.60. The third-order valence-corrected chi connectivity index (χ3v) is 4.49. The van der Waals surface area contributed by atoms with E-state index in [0.29, 0.717) is 24.3 Å². The van der Waals surface area contributed by atoms with Crippen molar-refractivity contribution in [3.8, 4) is 11.8 Å². The molecule has 0 aromatic heterocycles. The number of benzene rings is 2. The highest BCUT2D eigenvalue weighted by atomic mass is 16.5. The van der Waals surface area contributed by atoms with Crippen molar-refractivity contribution in [2.24, 2.45) is 0 Å². The van der Waals surface area contributed by atoms with Crippen LogP contribution in [0.5, 0.6) is 5.75 Å². The molecule has 0 saturated carbocycles. The van der Waals surface area contributed by atoms with Gasteiger partial charge in [0, 0.05) is 44.0 Å². The zero-order valence-electron chi connectivity index (χ0n) is 14.8. The quantitative estimate of drug-likeness (QED) is 0.920. The van der Waals surface area contributed by atoms with Gasteiger partial charge in [-0.3, -0.25) is 4.90 Å². The maximum Gasteiger partial charge on any atom is 0.321 e. The lowest BCUT2D eigenvalue weighted by Gasteiger charge is -2.34. The van der Waals surface area contributed by atoms with E-state index >= 15 is 0 Å². The summed E-state index contributed by atoms with van der Waals surface area (Å²) in [7, 11) is 1.68. The number of para-hydroxylation sites is 1. The number of carbonyl (C=O) groups is 1. The summed E-state index contributed by atoms with van der Waals surface area (Å²) in [6.07, 6.45) is 0. The van der Waals surface area contributed by atoms with E-state index in [2.05, 4.69) is 22.4 Å². The van der Waals surface area contributed by atoms with Gasteiger partial charge in [0.2, 0.25) is 0 Å². The Labute approximate surface area is 153 Å². The van der Waals surface area contributed by atoms with Crippen LogP contribution in [-0.4, -0.2) is 49.1 Å². The molecule has 0 atom stereocenters. The zero-order valence-corrected chi connectivity index (χ0v) is 14.8. The average Bonchev–Trinajstić information content (AvgIpc) is 2.69. The molecule has 3 rings (SSSR count). The largest absolute Gasteiger partial charge is 0.496 e. The molecule has 0 bridgehead atoms. The third-order valence-electron chi connectivity index (χ3n) is 4.49. The Bertz CT molecular complexity index is 807. The molecule has 2 aromatic rings. The third kappa shape index (κ3) is 4.32. The van der Waals surface area contributed by atoms with Crippen molar-refractivity contribution in [3.05, 3.63) is 59.7 Å². The van der Waals surface area contributed by atoms with E-state index in [1.54, 1.807) is 36.3 Å². The van der Waals surface area contributed by atoms with Gasteiger partial charge in [-0.2, -0.15) is 5.26 Å². The van der Waals surface area contributed by atoms with Gasteiger partial charge >= 0.3 is 6.03 Å².